The van der Waals surface area contributed by atoms with E-state index in [-0.39, 0.29) is 6.04 Å². The van der Waals surface area contributed by atoms with Crippen molar-refractivity contribution in [2.75, 3.05) is 7.05 Å². The summed E-state index contributed by atoms with van der Waals surface area (Å²) in [6.45, 7) is 2.09. The molecular formula is C14H14Br2N2O. The van der Waals surface area contributed by atoms with E-state index in [1.165, 1.54) is 0 Å². The van der Waals surface area contributed by atoms with Crippen molar-refractivity contribution >= 4 is 31.9 Å². The van der Waals surface area contributed by atoms with Crippen LogP contribution in [-0.4, -0.2) is 12.0 Å². The summed E-state index contributed by atoms with van der Waals surface area (Å²) in [6.07, 6.45) is 3.42. The molecule has 0 aliphatic heterocycles. The topological polar surface area (TPSA) is 34.1 Å². The van der Waals surface area contributed by atoms with E-state index in [1.54, 1.807) is 12.4 Å². The lowest BCUT2D eigenvalue weighted by Gasteiger charge is -2.16. The van der Waals surface area contributed by atoms with Gasteiger partial charge >= 0.3 is 0 Å². The van der Waals surface area contributed by atoms with Gasteiger partial charge in [-0.05, 0) is 54.2 Å². The summed E-state index contributed by atoms with van der Waals surface area (Å²) in [6, 6.07) is 8.07. The lowest BCUT2D eigenvalue weighted by Crippen LogP contribution is -2.13. The molecule has 1 N–H and O–H groups in total. The number of ether oxygens (including phenoxy) is 1. The number of hydrogen-bond donors (Lipinski definition) is 1. The van der Waals surface area contributed by atoms with E-state index in [4.69, 9.17) is 4.74 Å². The lowest BCUT2D eigenvalue weighted by molar-refractivity contribution is 0.464. The van der Waals surface area contributed by atoms with Crippen molar-refractivity contribution in [3.8, 4) is 11.5 Å². The molecule has 1 atom stereocenters. The molecule has 0 aliphatic carbocycles. The van der Waals surface area contributed by atoms with E-state index in [9.17, 15) is 0 Å². The largest absolute Gasteiger partial charge is 0.455 e. The van der Waals surface area contributed by atoms with Gasteiger partial charge in [-0.1, -0.05) is 15.9 Å². The van der Waals surface area contributed by atoms with E-state index in [1.807, 2.05) is 25.2 Å². The van der Waals surface area contributed by atoms with Crippen LogP contribution in [0.1, 0.15) is 18.5 Å². The van der Waals surface area contributed by atoms with Gasteiger partial charge in [-0.2, -0.15) is 0 Å². The van der Waals surface area contributed by atoms with E-state index in [0.29, 0.717) is 5.75 Å². The molecule has 1 aromatic heterocycles. The van der Waals surface area contributed by atoms with Gasteiger partial charge < -0.3 is 10.1 Å². The normalized spacial score (nSPS) is 12.2. The molecule has 0 radical (unpaired) electrons. The molecule has 0 amide bonds. The molecule has 0 bridgehead atoms. The van der Waals surface area contributed by atoms with Gasteiger partial charge in [0.05, 0.1) is 6.20 Å². The third-order valence-electron chi connectivity index (χ3n) is 2.78. The molecule has 0 aliphatic rings. The highest BCUT2D eigenvalue weighted by molar-refractivity contribution is 9.10. The van der Waals surface area contributed by atoms with Gasteiger partial charge in [-0.25, -0.2) is 0 Å². The van der Waals surface area contributed by atoms with Crippen LogP contribution in [0.4, 0.5) is 0 Å². The number of rotatable bonds is 4. The summed E-state index contributed by atoms with van der Waals surface area (Å²) >= 11 is 6.87. The number of benzene rings is 1. The Labute approximate surface area is 129 Å². The first-order valence-corrected chi connectivity index (χ1v) is 7.44. The van der Waals surface area contributed by atoms with Crippen LogP contribution < -0.4 is 10.1 Å². The minimum absolute atomic E-state index is 0.201. The quantitative estimate of drug-likeness (QED) is 0.829. The van der Waals surface area contributed by atoms with Crippen LogP contribution in [0.5, 0.6) is 11.5 Å². The fraction of sp³-hybridized carbons (Fsp3) is 0.214. The van der Waals surface area contributed by atoms with Gasteiger partial charge in [0.15, 0.2) is 0 Å². The van der Waals surface area contributed by atoms with Crippen LogP contribution in [0.2, 0.25) is 0 Å². The Morgan fingerprint density at radius 1 is 1.16 bits per heavy atom. The van der Waals surface area contributed by atoms with Crippen molar-refractivity contribution in [2.45, 2.75) is 13.0 Å². The lowest BCUT2D eigenvalue weighted by atomic mass is 10.1. The first-order valence-electron chi connectivity index (χ1n) is 5.85. The standard InChI is InChI=1S/C14H14Br2N2O/c1-9(17-2)13-6-10(15)3-4-14(13)19-12-5-11(16)7-18-8-12/h3-9,17H,1-2H3. The van der Waals surface area contributed by atoms with Crippen molar-refractivity contribution in [3.63, 3.8) is 0 Å². The monoisotopic (exact) mass is 384 g/mol. The molecule has 2 aromatic rings. The van der Waals surface area contributed by atoms with Gasteiger partial charge in [0.2, 0.25) is 0 Å². The van der Waals surface area contributed by atoms with Crippen LogP contribution in [0.25, 0.3) is 0 Å². The molecule has 19 heavy (non-hydrogen) atoms. The van der Waals surface area contributed by atoms with Crippen LogP contribution in [0.3, 0.4) is 0 Å². The Kier molecular flexibility index (Phi) is 4.96. The second-order valence-electron chi connectivity index (χ2n) is 4.13. The molecule has 0 saturated carbocycles. The highest BCUT2D eigenvalue weighted by Crippen LogP contribution is 2.32. The summed E-state index contributed by atoms with van der Waals surface area (Å²) in [5, 5.41) is 3.22. The van der Waals surface area contributed by atoms with Gasteiger partial charge in [-0.15, -0.1) is 0 Å². The summed E-state index contributed by atoms with van der Waals surface area (Å²) < 4.78 is 7.84. The number of nitrogens with zero attached hydrogens (tertiary/aromatic N) is 1. The Morgan fingerprint density at radius 2 is 1.95 bits per heavy atom. The van der Waals surface area contributed by atoms with E-state index >= 15 is 0 Å². The van der Waals surface area contributed by atoms with Crippen LogP contribution in [-0.2, 0) is 0 Å². The molecule has 3 nitrogen and oxygen atoms in total. The van der Waals surface area contributed by atoms with Gasteiger partial charge in [-0.3, -0.25) is 4.98 Å². The maximum absolute atomic E-state index is 5.91. The Hall–Kier alpha value is -0.910. The molecule has 5 heteroatoms. The minimum Gasteiger partial charge on any atom is -0.455 e. The number of hydrogen-bond acceptors (Lipinski definition) is 3. The molecule has 1 aromatic carbocycles. The van der Waals surface area contributed by atoms with E-state index in [0.717, 1.165) is 20.3 Å². The van der Waals surface area contributed by atoms with Crippen molar-refractivity contribution in [2.24, 2.45) is 0 Å². The zero-order valence-corrected chi connectivity index (χ0v) is 13.8. The van der Waals surface area contributed by atoms with Gasteiger partial charge in [0.1, 0.15) is 11.5 Å². The highest BCUT2D eigenvalue weighted by atomic mass is 79.9. The average molecular weight is 386 g/mol. The predicted octanol–water partition coefficient (Wildman–Crippen LogP) is 4.68. The molecule has 1 unspecified atom stereocenters. The average Bonchev–Trinajstić information content (AvgIpc) is 2.40. The zero-order chi connectivity index (χ0) is 13.8. The van der Waals surface area contributed by atoms with Crippen LogP contribution >= 0.6 is 31.9 Å². The number of halogens is 2. The third kappa shape index (κ3) is 3.78. The number of nitrogens with one attached hydrogen (secondary N) is 1. The van der Waals surface area contributed by atoms with Crippen molar-refractivity contribution < 1.29 is 4.74 Å². The second kappa shape index (κ2) is 6.50. The number of pyridine rings is 1. The maximum atomic E-state index is 5.91. The van der Waals surface area contributed by atoms with E-state index < -0.39 is 0 Å². The molecule has 0 spiro atoms. The molecule has 0 fully saturated rings. The fourth-order valence-electron chi connectivity index (χ4n) is 1.68. The first-order chi connectivity index (χ1) is 9.10. The van der Waals surface area contributed by atoms with Crippen molar-refractivity contribution in [1.82, 2.24) is 10.3 Å². The first kappa shape index (κ1) is 14.5. The zero-order valence-electron chi connectivity index (χ0n) is 10.7. The van der Waals surface area contributed by atoms with Crippen LogP contribution in [0.15, 0.2) is 45.6 Å². The minimum atomic E-state index is 0.201. The SMILES string of the molecule is CNC(C)c1cc(Br)ccc1Oc1cncc(Br)c1. The summed E-state index contributed by atoms with van der Waals surface area (Å²) in [7, 11) is 1.93. The Balaban J connectivity index is 2.34. The van der Waals surface area contributed by atoms with E-state index in [2.05, 4.69) is 55.2 Å². The van der Waals surface area contributed by atoms with Gasteiger partial charge in [0, 0.05) is 26.7 Å². The summed E-state index contributed by atoms with van der Waals surface area (Å²) in [5.41, 5.74) is 1.09. The van der Waals surface area contributed by atoms with Gasteiger partial charge in [0.25, 0.3) is 0 Å². The molecule has 100 valence electrons. The molecule has 2 rings (SSSR count). The predicted molar refractivity (Wildman–Crippen MR) is 83.6 cm³/mol. The fourth-order valence-corrected chi connectivity index (χ4v) is 2.40. The maximum Gasteiger partial charge on any atom is 0.146 e. The van der Waals surface area contributed by atoms with Crippen molar-refractivity contribution in [1.29, 1.82) is 0 Å². The van der Waals surface area contributed by atoms with Crippen LogP contribution in [0, 0.1) is 0 Å². The molecule has 1 heterocycles. The summed E-state index contributed by atoms with van der Waals surface area (Å²) in [4.78, 5) is 4.10. The molecule has 0 saturated heterocycles. The third-order valence-corrected chi connectivity index (χ3v) is 3.71. The summed E-state index contributed by atoms with van der Waals surface area (Å²) in [5.74, 6) is 1.53. The highest BCUT2D eigenvalue weighted by Gasteiger charge is 2.11. The smallest absolute Gasteiger partial charge is 0.146 e. The number of aromatic nitrogens is 1. The Morgan fingerprint density at radius 3 is 2.63 bits per heavy atom. The molecular weight excluding hydrogens is 372 g/mol. The Bertz CT molecular complexity index is 575. The van der Waals surface area contributed by atoms with Crippen molar-refractivity contribution in [3.05, 3.63) is 51.2 Å². The second-order valence-corrected chi connectivity index (χ2v) is 5.96.